The molecule has 1 aliphatic heterocycles. The Hall–Kier alpha value is -0.940. The van der Waals surface area contributed by atoms with Crippen molar-refractivity contribution in [1.82, 2.24) is 4.90 Å². The zero-order valence-electron chi connectivity index (χ0n) is 13.0. The summed E-state index contributed by atoms with van der Waals surface area (Å²) in [6.07, 6.45) is 1.14. The predicted molar refractivity (Wildman–Crippen MR) is 97.2 cm³/mol. The second-order valence-corrected chi connectivity index (χ2v) is 7.34. The van der Waals surface area contributed by atoms with Gasteiger partial charge in [-0.05, 0) is 25.1 Å². The summed E-state index contributed by atoms with van der Waals surface area (Å²) < 4.78 is 42.2. The Balaban J connectivity index is 0.00000264. The van der Waals surface area contributed by atoms with Gasteiger partial charge in [-0.1, -0.05) is 0 Å². The van der Waals surface area contributed by atoms with Gasteiger partial charge in [0.15, 0.2) is 15.8 Å². The molecule has 6 nitrogen and oxygen atoms in total. The second kappa shape index (κ2) is 8.25. The Morgan fingerprint density at radius 1 is 1.52 bits per heavy atom. The van der Waals surface area contributed by atoms with E-state index in [1.54, 1.807) is 0 Å². The van der Waals surface area contributed by atoms with Crippen LogP contribution in [0.4, 0.5) is 4.39 Å². The van der Waals surface area contributed by atoms with Crippen molar-refractivity contribution in [2.45, 2.75) is 24.5 Å². The minimum Gasteiger partial charge on any atom is -0.375 e. The average molecular weight is 457 g/mol. The van der Waals surface area contributed by atoms with Crippen LogP contribution in [0.5, 0.6) is 0 Å². The number of guanidine groups is 1. The first kappa shape index (κ1) is 20.1. The molecule has 1 fully saturated rings. The molecule has 0 saturated carbocycles. The fraction of sp³-hybridized carbons (Fsp3) is 0.500. The lowest BCUT2D eigenvalue weighted by molar-refractivity contribution is 0.00528. The maximum Gasteiger partial charge on any atom is 0.191 e. The van der Waals surface area contributed by atoms with Crippen LogP contribution in [0.3, 0.4) is 0 Å². The second-order valence-electron chi connectivity index (χ2n) is 5.33. The van der Waals surface area contributed by atoms with Crippen LogP contribution in [0, 0.1) is 5.82 Å². The van der Waals surface area contributed by atoms with Crippen LogP contribution in [0.2, 0.25) is 0 Å². The van der Waals surface area contributed by atoms with Gasteiger partial charge in [-0.15, -0.1) is 24.0 Å². The molecule has 2 rings (SSSR count). The van der Waals surface area contributed by atoms with Crippen LogP contribution in [0.15, 0.2) is 28.1 Å². The monoisotopic (exact) mass is 457 g/mol. The first-order valence-corrected chi connectivity index (χ1v) is 8.81. The summed E-state index contributed by atoms with van der Waals surface area (Å²) in [5, 5.41) is 0. The fourth-order valence-electron chi connectivity index (χ4n) is 2.20. The van der Waals surface area contributed by atoms with E-state index in [2.05, 4.69) is 4.99 Å². The Labute approximate surface area is 152 Å². The Bertz CT molecular complexity index is 682. The SMILES string of the molecule is CC1CN(C(N)=NCc2cc(S(C)(=O)=O)ccc2F)CCO1.I. The third-order valence-corrected chi connectivity index (χ3v) is 4.53. The summed E-state index contributed by atoms with van der Waals surface area (Å²) in [6, 6.07) is 3.67. The zero-order chi connectivity index (χ0) is 16.3. The summed E-state index contributed by atoms with van der Waals surface area (Å²) in [5.41, 5.74) is 6.11. The van der Waals surface area contributed by atoms with Crippen LogP contribution in [-0.4, -0.2) is 51.3 Å². The molecular formula is C14H21FIN3O3S. The molecule has 0 radical (unpaired) electrons. The molecule has 130 valence electrons. The molecule has 0 aromatic heterocycles. The Morgan fingerprint density at radius 3 is 2.83 bits per heavy atom. The molecular weight excluding hydrogens is 436 g/mol. The molecule has 2 N–H and O–H groups in total. The smallest absolute Gasteiger partial charge is 0.191 e. The molecule has 1 heterocycles. The fourth-order valence-corrected chi connectivity index (χ4v) is 2.87. The number of hydrogen-bond donors (Lipinski definition) is 1. The summed E-state index contributed by atoms with van der Waals surface area (Å²) in [6.45, 7) is 3.75. The minimum atomic E-state index is -3.38. The maximum atomic E-state index is 13.8. The number of hydrogen-bond acceptors (Lipinski definition) is 4. The van der Waals surface area contributed by atoms with E-state index < -0.39 is 15.7 Å². The van der Waals surface area contributed by atoms with Gasteiger partial charge in [0.05, 0.1) is 24.2 Å². The van der Waals surface area contributed by atoms with Crippen LogP contribution in [0.1, 0.15) is 12.5 Å². The number of rotatable bonds is 3. The Kier molecular flexibility index (Phi) is 7.21. The maximum absolute atomic E-state index is 13.8. The highest BCUT2D eigenvalue weighted by Crippen LogP contribution is 2.16. The highest BCUT2D eigenvalue weighted by atomic mass is 127. The molecule has 9 heteroatoms. The lowest BCUT2D eigenvalue weighted by Gasteiger charge is -2.31. The standard InChI is InChI=1S/C14H20FN3O3S.HI/c1-10-9-18(5-6-21-10)14(16)17-8-11-7-12(22(2,19)20)3-4-13(11)15;/h3-4,7,10H,5-6,8-9H2,1-2H3,(H2,16,17);1H. The molecule has 1 aromatic carbocycles. The third kappa shape index (κ3) is 5.57. The molecule has 1 aliphatic rings. The lowest BCUT2D eigenvalue weighted by atomic mass is 10.2. The molecule has 1 atom stereocenters. The van der Waals surface area contributed by atoms with Crippen LogP contribution in [-0.2, 0) is 21.1 Å². The number of ether oxygens (including phenoxy) is 1. The third-order valence-electron chi connectivity index (χ3n) is 3.42. The van der Waals surface area contributed by atoms with E-state index in [4.69, 9.17) is 10.5 Å². The van der Waals surface area contributed by atoms with E-state index >= 15 is 0 Å². The van der Waals surface area contributed by atoms with Crippen LogP contribution in [0.25, 0.3) is 0 Å². The summed E-state index contributed by atoms with van der Waals surface area (Å²) in [7, 11) is -3.38. The zero-order valence-corrected chi connectivity index (χ0v) is 16.2. The number of benzene rings is 1. The molecule has 0 amide bonds. The predicted octanol–water partition coefficient (Wildman–Crippen LogP) is 1.38. The minimum absolute atomic E-state index is 0. The first-order valence-electron chi connectivity index (χ1n) is 6.92. The van der Waals surface area contributed by atoms with E-state index in [9.17, 15) is 12.8 Å². The van der Waals surface area contributed by atoms with Gasteiger partial charge < -0.3 is 15.4 Å². The number of aliphatic imine (C=N–C) groups is 1. The molecule has 1 saturated heterocycles. The topological polar surface area (TPSA) is 85.0 Å². The van der Waals surface area contributed by atoms with Crippen molar-refractivity contribution in [2.75, 3.05) is 26.0 Å². The van der Waals surface area contributed by atoms with Crippen molar-refractivity contribution >= 4 is 39.8 Å². The van der Waals surface area contributed by atoms with E-state index in [1.165, 1.54) is 12.1 Å². The highest BCUT2D eigenvalue weighted by molar-refractivity contribution is 14.0. The highest BCUT2D eigenvalue weighted by Gasteiger charge is 2.18. The molecule has 23 heavy (non-hydrogen) atoms. The normalized spacial score (nSPS) is 19.3. The van der Waals surface area contributed by atoms with E-state index in [-0.39, 0.29) is 47.1 Å². The van der Waals surface area contributed by atoms with Gasteiger partial charge >= 0.3 is 0 Å². The van der Waals surface area contributed by atoms with Crippen molar-refractivity contribution in [1.29, 1.82) is 0 Å². The van der Waals surface area contributed by atoms with Crippen LogP contribution >= 0.6 is 24.0 Å². The number of nitrogens with zero attached hydrogens (tertiary/aromatic N) is 2. The lowest BCUT2D eigenvalue weighted by Crippen LogP contribution is -2.47. The number of morpholine rings is 1. The van der Waals surface area contributed by atoms with Crippen molar-refractivity contribution in [3.8, 4) is 0 Å². The molecule has 0 spiro atoms. The van der Waals surface area contributed by atoms with E-state index in [0.717, 1.165) is 12.3 Å². The van der Waals surface area contributed by atoms with E-state index in [0.29, 0.717) is 25.7 Å². The van der Waals surface area contributed by atoms with Gasteiger partial charge in [0, 0.05) is 24.9 Å². The number of halogens is 2. The number of sulfone groups is 1. The molecule has 1 unspecified atom stereocenters. The van der Waals surface area contributed by atoms with Gasteiger partial charge in [-0.25, -0.2) is 17.8 Å². The molecule has 0 aliphatic carbocycles. The summed E-state index contributed by atoms with van der Waals surface area (Å²) in [5.74, 6) is -0.196. The summed E-state index contributed by atoms with van der Waals surface area (Å²) in [4.78, 5) is 6.10. The number of nitrogens with two attached hydrogens (primary N) is 1. The van der Waals surface area contributed by atoms with Crippen molar-refractivity contribution in [3.63, 3.8) is 0 Å². The van der Waals surface area contributed by atoms with Crippen molar-refractivity contribution in [2.24, 2.45) is 10.7 Å². The van der Waals surface area contributed by atoms with Gasteiger partial charge in [0.25, 0.3) is 0 Å². The molecule has 0 bridgehead atoms. The van der Waals surface area contributed by atoms with Gasteiger partial charge in [0.1, 0.15) is 5.82 Å². The average Bonchev–Trinajstić information content (AvgIpc) is 2.44. The largest absolute Gasteiger partial charge is 0.375 e. The van der Waals surface area contributed by atoms with Gasteiger partial charge in [0.2, 0.25) is 0 Å². The quantitative estimate of drug-likeness (QED) is 0.321. The Morgan fingerprint density at radius 2 is 2.22 bits per heavy atom. The van der Waals surface area contributed by atoms with Crippen LogP contribution < -0.4 is 5.73 Å². The van der Waals surface area contributed by atoms with Gasteiger partial charge in [-0.2, -0.15) is 0 Å². The van der Waals surface area contributed by atoms with Crippen molar-refractivity contribution < 1.29 is 17.5 Å². The summed E-state index contributed by atoms with van der Waals surface area (Å²) >= 11 is 0. The van der Waals surface area contributed by atoms with Crippen molar-refractivity contribution in [3.05, 3.63) is 29.6 Å². The van der Waals surface area contributed by atoms with E-state index in [1.807, 2.05) is 11.8 Å². The first-order chi connectivity index (χ1) is 10.3. The molecule has 1 aromatic rings. The van der Waals surface area contributed by atoms with Gasteiger partial charge in [-0.3, -0.25) is 0 Å².